The lowest BCUT2D eigenvalue weighted by molar-refractivity contribution is -0.141. The van der Waals surface area contributed by atoms with Crippen LogP contribution < -0.4 is 5.32 Å². The Morgan fingerprint density at radius 2 is 1.98 bits per heavy atom. The molecule has 3 aromatic rings. The smallest absolute Gasteiger partial charge is 0.361 e. The van der Waals surface area contributed by atoms with Crippen LogP contribution in [0.25, 0.3) is 11.3 Å². The Morgan fingerprint density at radius 3 is 2.62 bits per heavy atom. The third-order valence-electron chi connectivity index (χ3n) is 6.46. The number of aromatic nitrogens is 4. The van der Waals surface area contributed by atoms with Crippen molar-refractivity contribution >= 4 is 30.0 Å². The number of hydrogen-bond donors (Lipinski definition) is 1. The molecular weight excluding hydrogens is 535 g/mol. The van der Waals surface area contributed by atoms with Gasteiger partial charge in [-0.15, -0.1) is 0 Å². The topological polar surface area (TPSA) is 150 Å². The van der Waals surface area contributed by atoms with Crippen LogP contribution in [-0.4, -0.2) is 84.3 Å². The van der Waals surface area contributed by atoms with E-state index in [0.717, 1.165) is 17.2 Å². The number of anilines is 1. The van der Waals surface area contributed by atoms with Gasteiger partial charge in [-0.3, -0.25) is 24.5 Å². The monoisotopic (exact) mass is 557 g/mol. The number of urea groups is 1. The number of nitrogens with one attached hydrogen (secondary N) is 1. The summed E-state index contributed by atoms with van der Waals surface area (Å²) in [6.07, 6.45) is -0.462. The highest BCUT2D eigenvalue weighted by molar-refractivity contribution is 6.03. The molecule has 40 heavy (non-hydrogen) atoms. The van der Waals surface area contributed by atoms with Gasteiger partial charge in [0, 0.05) is 24.9 Å². The first kappa shape index (κ1) is 26.7. The van der Waals surface area contributed by atoms with Crippen LogP contribution in [0.2, 0.25) is 0 Å². The summed E-state index contributed by atoms with van der Waals surface area (Å²) in [5, 5.41) is 6.45. The molecule has 5 heterocycles. The number of carbonyl (C=O) groups is 3. The molecule has 5 rings (SSSR count). The molecule has 1 fully saturated rings. The summed E-state index contributed by atoms with van der Waals surface area (Å²) in [7, 11) is 1.51. The summed E-state index contributed by atoms with van der Waals surface area (Å²) in [5.41, 5.74) is -0.200. The Morgan fingerprint density at radius 1 is 1.20 bits per heavy atom. The summed E-state index contributed by atoms with van der Waals surface area (Å²) < 4.78 is 43.5. The first-order valence-electron chi connectivity index (χ1n) is 11.9. The maximum atomic E-state index is 13.4. The number of imide groups is 1. The number of likely N-dealkylation sites (N-methyl/N-ethyl adjacent to an activating group) is 1. The molecule has 4 amide bonds. The summed E-state index contributed by atoms with van der Waals surface area (Å²) >= 11 is 0. The van der Waals surface area contributed by atoms with Crippen LogP contribution in [0.3, 0.4) is 0 Å². The highest BCUT2D eigenvalue weighted by Crippen LogP contribution is 2.30. The summed E-state index contributed by atoms with van der Waals surface area (Å²) in [6, 6.07) is 1.18. The maximum absolute atomic E-state index is 13.4. The van der Waals surface area contributed by atoms with Crippen LogP contribution in [0.15, 0.2) is 46.3 Å². The summed E-state index contributed by atoms with van der Waals surface area (Å²) in [4.78, 5) is 59.2. The van der Waals surface area contributed by atoms with Gasteiger partial charge in [0.05, 0.1) is 31.0 Å². The van der Waals surface area contributed by atoms with Gasteiger partial charge in [0.1, 0.15) is 23.2 Å². The number of pyridine rings is 1. The van der Waals surface area contributed by atoms with E-state index in [2.05, 4.69) is 30.4 Å². The largest absolute Gasteiger partial charge is 0.433 e. The predicted octanol–water partition coefficient (Wildman–Crippen LogP) is 2.31. The number of rotatable bonds is 6. The van der Waals surface area contributed by atoms with Gasteiger partial charge in [-0.1, -0.05) is 5.16 Å². The van der Waals surface area contributed by atoms with Gasteiger partial charge < -0.3 is 19.6 Å². The van der Waals surface area contributed by atoms with E-state index in [1.54, 1.807) is 19.9 Å². The van der Waals surface area contributed by atoms with Crippen molar-refractivity contribution in [2.45, 2.75) is 44.8 Å². The lowest BCUT2D eigenvalue weighted by Crippen LogP contribution is -2.66. The van der Waals surface area contributed by atoms with E-state index in [-0.39, 0.29) is 23.6 Å². The summed E-state index contributed by atoms with van der Waals surface area (Å²) in [5.74, 6) is -0.555. The molecule has 208 valence electrons. The van der Waals surface area contributed by atoms with Crippen molar-refractivity contribution in [2.75, 3.05) is 12.4 Å². The second kappa shape index (κ2) is 10.0. The number of aliphatic imine (C=N–C) groups is 1. The quantitative estimate of drug-likeness (QED) is 0.482. The Hall–Kier alpha value is -4.89. The van der Waals surface area contributed by atoms with Crippen molar-refractivity contribution in [2.24, 2.45) is 4.99 Å². The molecule has 13 nitrogen and oxygen atoms in total. The summed E-state index contributed by atoms with van der Waals surface area (Å²) in [6.45, 7) is 3.12. The van der Waals surface area contributed by atoms with Gasteiger partial charge in [0.2, 0.25) is 5.91 Å². The van der Waals surface area contributed by atoms with Crippen LogP contribution in [0.1, 0.15) is 24.1 Å². The number of amides is 4. The number of halogens is 3. The number of nitrogens with zero attached hydrogens (tertiary/aromatic N) is 8. The average Bonchev–Trinajstić information content (AvgIpc) is 3.55. The zero-order valence-corrected chi connectivity index (χ0v) is 21.3. The van der Waals surface area contributed by atoms with Crippen molar-refractivity contribution in [1.29, 1.82) is 0 Å². The first-order valence-corrected chi connectivity index (χ1v) is 11.9. The molecular formula is C24H22F3N9O4. The van der Waals surface area contributed by atoms with Gasteiger partial charge in [-0.2, -0.15) is 13.2 Å². The molecule has 0 aromatic carbocycles. The average molecular weight is 557 g/mol. The van der Waals surface area contributed by atoms with E-state index < -0.39 is 48.0 Å². The zero-order valence-electron chi connectivity index (χ0n) is 21.3. The first-order chi connectivity index (χ1) is 18.9. The second-order valence-corrected chi connectivity index (χ2v) is 9.20. The molecule has 0 radical (unpaired) electrons. The number of hydrogen-bond acceptors (Lipinski definition) is 10. The van der Waals surface area contributed by atoms with Gasteiger partial charge in [0.25, 0.3) is 5.91 Å². The zero-order chi connectivity index (χ0) is 28.8. The number of alkyl halides is 3. The lowest BCUT2D eigenvalue weighted by atomic mass is 10.1. The standard InChI is InChI=1S/C24H22F3N9O4/c1-12-6-15(33-40-12)10-35-22(38)19-20(34(3)23(35)39)30-11-36(19)13(2)21(37)32-18-9-28-8-16(31-18)14-4-5-17(29-7-14)24(25,26)27/h4-9,11,13,19-20H,10H2,1-3H3,(H,31,32,37)/t13-,19?,20?/m0/s1. The van der Waals surface area contributed by atoms with Crippen LogP contribution in [0.5, 0.6) is 0 Å². The highest BCUT2D eigenvalue weighted by Gasteiger charge is 2.51. The molecule has 1 saturated heterocycles. The molecule has 2 unspecified atom stereocenters. The molecule has 2 aliphatic rings. The van der Waals surface area contributed by atoms with Crippen molar-refractivity contribution in [1.82, 2.24) is 34.8 Å². The highest BCUT2D eigenvalue weighted by atomic mass is 19.4. The molecule has 0 bridgehead atoms. The van der Waals surface area contributed by atoms with Crippen molar-refractivity contribution in [3.05, 3.63) is 53.9 Å². The fourth-order valence-corrected chi connectivity index (χ4v) is 4.36. The van der Waals surface area contributed by atoms with Gasteiger partial charge in [-0.05, 0) is 26.0 Å². The number of fused-ring (bicyclic) bond motifs is 1. The minimum Gasteiger partial charge on any atom is -0.361 e. The van der Waals surface area contributed by atoms with Gasteiger partial charge in [-0.25, -0.2) is 14.8 Å². The number of carbonyl (C=O) groups excluding carboxylic acids is 3. The maximum Gasteiger partial charge on any atom is 0.433 e. The minimum absolute atomic E-state index is 0.0345. The Kier molecular flexibility index (Phi) is 6.69. The van der Waals surface area contributed by atoms with E-state index in [1.165, 1.54) is 41.6 Å². The van der Waals surface area contributed by atoms with E-state index in [4.69, 9.17) is 4.52 Å². The van der Waals surface area contributed by atoms with Crippen LogP contribution in [0, 0.1) is 6.92 Å². The lowest BCUT2D eigenvalue weighted by Gasteiger charge is -2.42. The SMILES string of the molecule is Cc1cc(CN2C(=O)C3C(N=CN3[C@@H](C)C(=O)Nc3cncc(-c4ccc(C(F)(F)F)nc4)n3)N(C)C2=O)no1. The molecule has 0 spiro atoms. The molecule has 0 aliphatic carbocycles. The van der Waals surface area contributed by atoms with Crippen molar-refractivity contribution in [3.8, 4) is 11.3 Å². The molecule has 3 atom stereocenters. The van der Waals surface area contributed by atoms with Crippen molar-refractivity contribution < 1.29 is 32.1 Å². The second-order valence-electron chi connectivity index (χ2n) is 9.20. The van der Waals surface area contributed by atoms with E-state index in [0.29, 0.717) is 11.5 Å². The van der Waals surface area contributed by atoms with E-state index >= 15 is 0 Å². The minimum atomic E-state index is -4.58. The fraction of sp³-hybridized carbons (Fsp3) is 0.333. The van der Waals surface area contributed by atoms with Crippen LogP contribution in [0.4, 0.5) is 23.8 Å². The van der Waals surface area contributed by atoms with Crippen LogP contribution >= 0.6 is 0 Å². The normalized spacial score (nSPS) is 19.7. The van der Waals surface area contributed by atoms with Gasteiger partial charge in [0.15, 0.2) is 18.0 Å². The molecule has 0 saturated carbocycles. The van der Waals surface area contributed by atoms with Gasteiger partial charge >= 0.3 is 12.2 Å². The van der Waals surface area contributed by atoms with E-state index in [1.807, 2.05) is 0 Å². The third-order valence-corrected chi connectivity index (χ3v) is 6.46. The Balaban J connectivity index is 1.30. The molecule has 16 heteroatoms. The Labute approximate surface area is 224 Å². The Bertz CT molecular complexity index is 1490. The predicted molar refractivity (Wildman–Crippen MR) is 131 cm³/mol. The third kappa shape index (κ3) is 4.94. The number of aryl methyl sites for hydroxylation is 1. The van der Waals surface area contributed by atoms with E-state index in [9.17, 15) is 27.6 Å². The molecule has 2 aliphatic heterocycles. The molecule has 1 N–H and O–H groups in total. The van der Waals surface area contributed by atoms with Crippen LogP contribution in [-0.2, 0) is 22.3 Å². The fourth-order valence-electron chi connectivity index (χ4n) is 4.36. The molecule has 3 aromatic heterocycles. The van der Waals surface area contributed by atoms with Crippen molar-refractivity contribution in [3.63, 3.8) is 0 Å².